The predicted molar refractivity (Wildman–Crippen MR) is 91.4 cm³/mol. The van der Waals surface area contributed by atoms with Gasteiger partial charge in [-0.2, -0.15) is 0 Å². The van der Waals surface area contributed by atoms with Gasteiger partial charge in [0.15, 0.2) is 0 Å². The molecule has 0 radical (unpaired) electrons. The molecule has 0 aromatic carbocycles. The summed E-state index contributed by atoms with van der Waals surface area (Å²) in [5, 5.41) is 13.7. The van der Waals surface area contributed by atoms with Crippen LogP contribution in [0, 0.1) is 0 Å². The molecular weight excluding hydrogens is 326 g/mol. The van der Waals surface area contributed by atoms with Crippen molar-refractivity contribution in [1.29, 1.82) is 0 Å². The molecule has 3 heterocycles. The van der Waals surface area contributed by atoms with E-state index in [0.29, 0.717) is 12.2 Å². The summed E-state index contributed by atoms with van der Waals surface area (Å²) in [5.74, 6) is -0.299. The molecule has 3 aromatic heterocycles. The van der Waals surface area contributed by atoms with Crippen LogP contribution in [0.3, 0.4) is 0 Å². The Labute approximate surface area is 142 Å². The van der Waals surface area contributed by atoms with E-state index in [2.05, 4.69) is 25.3 Å². The number of carbonyl (C=O) groups is 1. The van der Waals surface area contributed by atoms with E-state index in [1.54, 1.807) is 23.9 Å². The predicted octanol–water partition coefficient (Wildman–Crippen LogP) is 2.40. The second-order valence-electron chi connectivity index (χ2n) is 5.93. The minimum atomic E-state index is -0.916. The zero-order valence-electron chi connectivity index (χ0n) is 13.0. The lowest BCUT2D eigenvalue weighted by Gasteiger charge is -2.16. The Morgan fingerprint density at radius 1 is 1.38 bits per heavy atom. The molecule has 0 amide bonds. The van der Waals surface area contributed by atoms with Crippen LogP contribution in [-0.2, 0) is 24.1 Å². The van der Waals surface area contributed by atoms with Crippen LogP contribution in [-0.4, -0.2) is 37.1 Å². The molecule has 0 saturated carbocycles. The summed E-state index contributed by atoms with van der Waals surface area (Å²) in [4.78, 5) is 29.6. The lowest BCUT2D eigenvalue weighted by atomic mass is 9.97. The Morgan fingerprint density at radius 2 is 2.25 bits per heavy atom. The summed E-state index contributed by atoms with van der Waals surface area (Å²) < 4.78 is 0. The topological polar surface area (TPSA) is 104 Å². The molecule has 24 heavy (non-hydrogen) atoms. The van der Waals surface area contributed by atoms with Gasteiger partial charge in [-0.05, 0) is 31.2 Å². The van der Waals surface area contributed by atoms with E-state index < -0.39 is 12.0 Å². The third-order valence-electron chi connectivity index (χ3n) is 4.34. The molecule has 3 aromatic rings. The van der Waals surface area contributed by atoms with Crippen LogP contribution in [0.2, 0.25) is 0 Å². The number of anilines is 1. The number of nitrogens with one attached hydrogen (secondary N) is 2. The molecule has 0 fully saturated rings. The second kappa shape index (κ2) is 6.20. The summed E-state index contributed by atoms with van der Waals surface area (Å²) in [5.41, 5.74) is 2.06. The van der Waals surface area contributed by atoms with Crippen molar-refractivity contribution in [3.8, 4) is 0 Å². The fraction of sp³-hybridized carbons (Fsp3) is 0.375. The van der Waals surface area contributed by atoms with Crippen LogP contribution < -0.4 is 5.32 Å². The monoisotopic (exact) mass is 343 g/mol. The summed E-state index contributed by atoms with van der Waals surface area (Å²) >= 11 is 1.70. The maximum atomic E-state index is 11.7. The number of carboxylic acids is 1. The molecule has 1 aliphatic carbocycles. The zero-order valence-corrected chi connectivity index (χ0v) is 13.8. The number of nitrogens with zero attached hydrogens (tertiary/aromatic N) is 3. The number of aromatic nitrogens is 4. The summed E-state index contributed by atoms with van der Waals surface area (Å²) in [6, 6.07) is -0.775. The minimum absolute atomic E-state index is 0.313. The molecule has 1 atom stereocenters. The third kappa shape index (κ3) is 2.73. The average Bonchev–Trinajstić information content (AvgIpc) is 3.21. The van der Waals surface area contributed by atoms with Crippen LogP contribution in [0.4, 0.5) is 5.82 Å². The highest BCUT2D eigenvalue weighted by atomic mass is 32.1. The number of aliphatic carboxylic acids is 1. The fourth-order valence-electron chi connectivity index (χ4n) is 3.18. The first-order valence-corrected chi connectivity index (χ1v) is 8.76. The van der Waals surface area contributed by atoms with Gasteiger partial charge in [0.1, 0.15) is 23.0 Å². The van der Waals surface area contributed by atoms with Crippen molar-refractivity contribution < 1.29 is 9.90 Å². The highest BCUT2D eigenvalue weighted by Crippen LogP contribution is 2.38. The van der Waals surface area contributed by atoms with E-state index in [4.69, 9.17) is 0 Å². The second-order valence-corrected chi connectivity index (χ2v) is 7.01. The van der Waals surface area contributed by atoms with Gasteiger partial charge in [-0.1, -0.05) is 0 Å². The average molecular weight is 343 g/mol. The van der Waals surface area contributed by atoms with Gasteiger partial charge in [-0.3, -0.25) is 0 Å². The molecule has 3 N–H and O–H groups in total. The Hall–Kier alpha value is -2.48. The van der Waals surface area contributed by atoms with E-state index in [1.165, 1.54) is 23.2 Å². The van der Waals surface area contributed by atoms with Gasteiger partial charge in [-0.15, -0.1) is 11.3 Å². The van der Waals surface area contributed by atoms with Crippen LogP contribution in [0.5, 0.6) is 0 Å². The number of hydrogen-bond donors (Lipinski definition) is 3. The number of hydrogen-bond acceptors (Lipinski definition) is 6. The lowest BCUT2D eigenvalue weighted by Crippen LogP contribution is -2.32. The zero-order chi connectivity index (χ0) is 16.5. The van der Waals surface area contributed by atoms with Gasteiger partial charge in [0.2, 0.25) is 0 Å². The highest BCUT2D eigenvalue weighted by Gasteiger charge is 2.24. The van der Waals surface area contributed by atoms with Crippen molar-refractivity contribution in [3.05, 3.63) is 35.0 Å². The molecule has 1 aliphatic rings. The fourth-order valence-corrected chi connectivity index (χ4v) is 4.41. The Kier molecular flexibility index (Phi) is 3.89. The molecule has 4 rings (SSSR count). The van der Waals surface area contributed by atoms with Crippen molar-refractivity contribution >= 4 is 33.3 Å². The lowest BCUT2D eigenvalue weighted by molar-refractivity contribution is -0.137. The number of fused-ring (bicyclic) bond motifs is 3. The molecule has 7 nitrogen and oxygen atoms in total. The van der Waals surface area contributed by atoms with Gasteiger partial charge < -0.3 is 15.4 Å². The van der Waals surface area contributed by atoms with Crippen LogP contribution >= 0.6 is 11.3 Å². The molecular formula is C16H17N5O2S. The SMILES string of the molecule is O=C(O)[C@H](Cc1cnc[nH]1)Nc1ncnc2sc3c(c12)CCCC3. The van der Waals surface area contributed by atoms with Crippen molar-refractivity contribution in [2.24, 2.45) is 0 Å². The third-order valence-corrected chi connectivity index (χ3v) is 5.54. The number of H-pyrrole nitrogens is 1. The quantitative estimate of drug-likeness (QED) is 0.657. The number of carboxylic acid groups (broad SMARTS) is 1. The maximum absolute atomic E-state index is 11.7. The summed E-state index contributed by atoms with van der Waals surface area (Å²) in [6.45, 7) is 0. The maximum Gasteiger partial charge on any atom is 0.326 e. The van der Waals surface area contributed by atoms with Gasteiger partial charge in [-0.25, -0.2) is 19.7 Å². The normalized spacial score (nSPS) is 15.2. The first kappa shape index (κ1) is 15.1. The van der Waals surface area contributed by atoms with E-state index in [0.717, 1.165) is 35.2 Å². The molecule has 0 spiro atoms. The number of imidazole rings is 1. The molecule has 0 unspecified atom stereocenters. The van der Waals surface area contributed by atoms with E-state index in [9.17, 15) is 9.90 Å². The van der Waals surface area contributed by atoms with Gasteiger partial charge in [0, 0.05) is 23.2 Å². The van der Waals surface area contributed by atoms with Crippen molar-refractivity contribution in [2.75, 3.05) is 5.32 Å². The standard InChI is InChI=1S/C16H17N5O2S/c22-16(23)11(5-9-6-17-7-18-9)21-14-13-10-3-1-2-4-12(10)24-15(13)20-8-19-14/h6-8,11H,1-5H2,(H,17,18)(H,22,23)(H,19,20,21)/t11-/m0/s1. The van der Waals surface area contributed by atoms with E-state index in [1.807, 2.05) is 0 Å². The number of aromatic amines is 1. The van der Waals surface area contributed by atoms with Crippen LogP contribution in [0.25, 0.3) is 10.2 Å². The summed E-state index contributed by atoms with van der Waals surface area (Å²) in [6.07, 6.45) is 9.44. The Morgan fingerprint density at radius 3 is 3.04 bits per heavy atom. The first-order valence-electron chi connectivity index (χ1n) is 7.94. The smallest absolute Gasteiger partial charge is 0.326 e. The minimum Gasteiger partial charge on any atom is -0.480 e. The molecule has 0 aliphatic heterocycles. The summed E-state index contributed by atoms with van der Waals surface area (Å²) in [7, 11) is 0. The Balaban J connectivity index is 1.70. The Bertz CT molecular complexity index is 874. The largest absolute Gasteiger partial charge is 0.480 e. The van der Waals surface area contributed by atoms with Crippen molar-refractivity contribution in [3.63, 3.8) is 0 Å². The van der Waals surface area contributed by atoms with Gasteiger partial charge in [0.25, 0.3) is 0 Å². The van der Waals surface area contributed by atoms with Crippen LogP contribution in [0.1, 0.15) is 29.0 Å². The molecule has 8 heteroatoms. The molecule has 0 bridgehead atoms. The molecule has 0 saturated heterocycles. The number of rotatable bonds is 5. The first-order chi connectivity index (χ1) is 11.7. The molecule has 124 valence electrons. The number of thiophene rings is 1. The van der Waals surface area contributed by atoms with Crippen LogP contribution in [0.15, 0.2) is 18.9 Å². The van der Waals surface area contributed by atoms with Gasteiger partial charge >= 0.3 is 5.97 Å². The van der Waals surface area contributed by atoms with Crippen molar-refractivity contribution in [1.82, 2.24) is 19.9 Å². The van der Waals surface area contributed by atoms with E-state index in [-0.39, 0.29) is 0 Å². The number of aryl methyl sites for hydroxylation is 2. The van der Waals surface area contributed by atoms with Gasteiger partial charge in [0.05, 0.1) is 11.7 Å². The van der Waals surface area contributed by atoms with E-state index >= 15 is 0 Å². The van der Waals surface area contributed by atoms with Crippen molar-refractivity contribution in [2.45, 2.75) is 38.1 Å². The highest BCUT2D eigenvalue weighted by molar-refractivity contribution is 7.19.